The molecule has 0 saturated heterocycles. The van der Waals surface area contributed by atoms with Gasteiger partial charge in [0, 0.05) is 6.07 Å². The Balaban J connectivity index is 2.01. The number of hydrogen-bond acceptors (Lipinski definition) is 8. The minimum absolute atomic E-state index is 0.0322. The molecule has 0 aliphatic carbocycles. The van der Waals surface area contributed by atoms with E-state index in [0.717, 1.165) is 6.07 Å². The van der Waals surface area contributed by atoms with E-state index in [1.165, 1.54) is 25.5 Å². The second-order valence-electron chi connectivity index (χ2n) is 5.40. The van der Waals surface area contributed by atoms with Crippen molar-refractivity contribution in [2.45, 2.75) is 6.92 Å². The van der Waals surface area contributed by atoms with Gasteiger partial charge >= 0.3 is 5.97 Å². The molecule has 0 heterocycles. The van der Waals surface area contributed by atoms with Gasteiger partial charge in [0.2, 0.25) is 0 Å². The smallest absolute Gasteiger partial charge is 0.344 e. The number of carbonyl (C=O) groups is 2. The minimum atomic E-state index is -0.643. The van der Waals surface area contributed by atoms with Crippen molar-refractivity contribution < 1.29 is 34.0 Å². The summed E-state index contributed by atoms with van der Waals surface area (Å²) in [6, 6.07) is 8.45. The predicted molar refractivity (Wildman–Crippen MR) is 100.0 cm³/mol. The van der Waals surface area contributed by atoms with Crippen molar-refractivity contribution in [3.63, 3.8) is 0 Å². The second-order valence-corrected chi connectivity index (χ2v) is 5.40. The number of nitrogens with zero attached hydrogens (tertiary/aromatic N) is 1. The van der Waals surface area contributed by atoms with Crippen LogP contribution in [0, 0.1) is 0 Å². The molecule has 2 aromatic rings. The topological polar surface area (TPSA) is 127 Å². The molecule has 28 heavy (non-hydrogen) atoms. The van der Waals surface area contributed by atoms with E-state index in [9.17, 15) is 19.8 Å². The molecule has 0 saturated carbocycles. The molecule has 0 unspecified atom stereocenters. The summed E-state index contributed by atoms with van der Waals surface area (Å²) in [6.07, 6.45) is 1.37. The largest absolute Gasteiger partial charge is 0.508 e. The summed E-state index contributed by atoms with van der Waals surface area (Å²) >= 11 is 0. The summed E-state index contributed by atoms with van der Waals surface area (Å²) in [5.74, 6) is -0.931. The number of benzene rings is 2. The monoisotopic (exact) mass is 388 g/mol. The van der Waals surface area contributed by atoms with Crippen molar-refractivity contribution >= 4 is 18.1 Å². The molecule has 0 bridgehead atoms. The minimum Gasteiger partial charge on any atom is -0.508 e. The number of phenols is 2. The molecule has 0 fully saturated rings. The van der Waals surface area contributed by atoms with Gasteiger partial charge in [-0.05, 0) is 42.8 Å². The summed E-state index contributed by atoms with van der Waals surface area (Å²) < 4.78 is 15.4. The Labute approximate surface area is 161 Å². The van der Waals surface area contributed by atoms with Crippen LogP contribution in [0.2, 0.25) is 0 Å². The highest BCUT2D eigenvalue weighted by molar-refractivity contribution is 5.97. The molecule has 0 aliphatic heterocycles. The van der Waals surface area contributed by atoms with Crippen LogP contribution in [0.5, 0.6) is 23.0 Å². The average Bonchev–Trinajstić information content (AvgIpc) is 2.66. The number of ether oxygens (including phenoxy) is 3. The van der Waals surface area contributed by atoms with Gasteiger partial charge in [0.1, 0.15) is 11.5 Å². The van der Waals surface area contributed by atoms with E-state index in [2.05, 4.69) is 10.5 Å². The van der Waals surface area contributed by atoms with Crippen LogP contribution in [0.3, 0.4) is 0 Å². The summed E-state index contributed by atoms with van der Waals surface area (Å²) in [5.41, 5.74) is 2.83. The maximum absolute atomic E-state index is 12.0. The Morgan fingerprint density at radius 2 is 1.93 bits per heavy atom. The van der Waals surface area contributed by atoms with Crippen LogP contribution in [0.4, 0.5) is 0 Å². The molecule has 2 rings (SSSR count). The first kappa shape index (κ1) is 20.6. The Hall–Kier alpha value is -3.75. The van der Waals surface area contributed by atoms with Crippen LogP contribution in [0.25, 0.3) is 0 Å². The number of aromatic hydroxyl groups is 2. The highest BCUT2D eigenvalue weighted by Gasteiger charge is 2.11. The van der Waals surface area contributed by atoms with Crippen molar-refractivity contribution in [2.75, 3.05) is 20.3 Å². The molecule has 148 valence electrons. The molecule has 1 amide bonds. The van der Waals surface area contributed by atoms with E-state index in [1.54, 1.807) is 25.1 Å². The standard InChI is InChI=1S/C19H20N2O7/c1-3-27-18(24)11-28-16-7-4-12(8-17(16)26-2)10-20-21-19(25)14-6-5-13(22)9-15(14)23/h4-10,22-23H,3,11H2,1-2H3,(H,21,25)/b20-10-. The van der Waals surface area contributed by atoms with Crippen molar-refractivity contribution in [1.82, 2.24) is 5.43 Å². The molecule has 3 N–H and O–H groups in total. The van der Waals surface area contributed by atoms with Crippen LogP contribution >= 0.6 is 0 Å². The highest BCUT2D eigenvalue weighted by Crippen LogP contribution is 2.27. The summed E-state index contributed by atoms with van der Waals surface area (Å²) in [4.78, 5) is 23.4. The molecular formula is C19H20N2O7. The molecule has 0 aliphatic rings. The number of hydrogen-bond donors (Lipinski definition) is 3. The lowest BCUT2D eigenvalue weighted by Crippen LogP contribution is -2.17. The van der Waals surface area contributed by atoms with E-state index in [-0.39, 0.29) is 30.3 Å². The third-order valence-corrected chi connectivity index (χ3v) is 3.44. The van der Waals surface area contributed by atoms with Gasteiger partial charge in [0.05, 0.1) is 25.5 Å². The van der Waals surface area contributed by atoms with Crippen LogP contribution in [-0.4, -0.2) is 48.6 Å². The molecule has 9 nitrogen and oxygen atoms in total. The van der Waals surface area contributed by atoms with Crippen molar-refractivity contribution in [3.05, 3.63) is 47.5 Å². The number of carbonyl (C=O) groups excluding carboxylic acids is 2. The fourth-order valence-corrected chi connectivity index (χ4v) is 2.16. The van der Waals surface area contributed by atoms with Gasteiger partial charge in [-0.15, -0.1) is 0 Å². The number of hydrazone groups is 1. The Morgan fingerprint density at radius 1 is 1.14 bits per heavy atom. The zero-order chi connectivity index (χ0) is 20.5. The quantitative estimate of drug-likeness (QED) is 0.358. The Kier molecular flexibility index (Phi) is 7.21. The van der Waals surface area contributed by atoms with E-state index < -0.39 is 11.9 Å². The average molecular weight is 388 g/mol. The lowest BCUT2D eigenvalue weighted by Gasteiger charge is -2.10. The second kappa shape index (κ2) is 9.81. The molecular weight excluding hydrogens is 368 g/mol. The van der Waals surface area contributed by atoms with Crippen molar-refractivity contribution in [3.8, 4) is 23.0 Å². The summed E-state index contributed by atoms with van der Waals surface area (Å²) in [5, 5.41) is 22.7. The summed E-state index contributed by atoms with van der Waals surface area (Å²) in [7, 11) is 1.45. The Bertz CT molecular complexity index is 881. The zero-order valence-electron chi connectivity index (χ0n) is 15.3. The van der Waals surface area contributed by atoms with Gasteiger partial charge in [0.25, 0.3) is 5.91 Å². The van der Waals surface area contributed by atoms with Crippen molar-refractivity contribution in [2.24, 2.45) is 5.10 Å². The zero-order valence-corrected chi connectivity index (χ0v) is 15.3. The number of esters is 1. The molecule has 2 aromatic carbocycles. The first-order valence-electron chi connectivity index (χ1n) is 8.26. The molecule has 0 atom stereocenters. The fourth-order valence-electron chi connectivity index (χ4n) is 2.16. The SMILES string of the molecule is CCOC(=O)COc1ccc(/C=N\NC(=O)c2ccc(O)cc2O)cc1OC. The third kappa shape index (κ3) is 5.63. The first-order chi connectivity index (χ1) is 13.4. The Morgan fingerprint density at radius 3 is 2.61 bits per heavy atom. The number of phenolic OH excluding ortho intramolecular Hbond substituents is 2. The summed E-state index contributed by atoms with van der Waals surface area (Å²) in [6.45, 7) is 1.72. The van der Waals surface area contributed by atoms with Gasteiger partial charge in [0.15, 0.2) is 18.1 Å². The van der Waals surface area contributed by atoms with Gasteiger partial charge in [-0.25, -0.2) is 10.2 Å². The molecule has 0 aromatic heterocycles. The van der Waals surface area contributed by atoms with Crippen LogP contribution < -0.4 is 14.9 Å². The fraction of sp³-hybridized carbons (Fsp3) is 0.211. The number of methoxy groups -OCH3 is 1. The maximum Gasteiger partial charge on any atom is 0.344 e. The third-order valence-electron chi connectivity index (χ3n) is 3.44. The van der Waals surface area contributed by atoms with Gasteiger partial charge < -0.3 is 24.4 Å². The number of rotatable bonds is 8. The van der Waals surface area contributed by atoms with Gasteiger partial charge in [-0.2, -0.15) is 5.10 Å². The van der Waals surface area contributed by atoms with Crippen LogP contribution in [0.1, 0.15) is 22.8 Å². The molecule has 0 spiro atoms. The van der Waals surface area contributed by atoms with Crippen LogP contribution in [-0.2, 0) is 9.53 Å². The van der Waals surface area contributed by atoms with E-state index in [1.807, 2.05) is 0 Å². The van der Waals surface area contributed by atoms with E-state index in [4.69, 9.17) is 14.2 Å². The normalized spacial score (nSPS) is 10.5. The van der Waals surface area contributed by atoms with Gasteiger partial charge in [-0.1, -0.05) is 0 Å². The lowest BCUT2D eigenvalue weighted by atomic mass is 10.2. The predicted octanol–water partition coefficient (Wildman–Crippen LogP) is 1.81. The lowest BCUT2D eigenvalue weighted by molar-refractivity contribution is -0.145. The van der Waals surface area contributed by atoms with Crippen molar-refractivity contribution in [1.29, 1.82) is 0 Å². The van der Waals surface area contributed by atoms with E-state index >= 15 is 0 Å². The van der Waals surface area contributed by atoms with Crippen LogP contribution in [0.15, 0.2) is 41.5 Å². The van der Waals surface area contributed by atoms with E-state index in [0.29, 0.717) is 17.1 Å². The maximum atomic E-state index is 12.0. The number of nitrogens with one attached hydrogen (secondary N) is 1. The highest BCUT2D eigenvalue weighted by atomic mass is 16.6. The first-order valence-corrected chi connectivity index (χ1v) is 8.26. The van der Waals surface area contributed by atoms with Gasteiger partial charge in [-0.3, -0.25) is 4.79 Å². The molecule has 9 heteroatoms. The molecule has 0 radical (unpaired) electrons. The number of amides is 1.